The third kappa shape index (κ3) is 7.25. The van der Waals surface area contributed by atoms with E-state index in [9.17, 15) is 18.0 Å². The average Bonchev–Trinajstić information content (AvgIpc) is 2.76. The van der Waals surface area contributed by atoms with E-state index >= 15 is 0 Å². The lowest BCUT2D eigenvalue weighted by molar-refractivity contribution is -0.139. The van der Waals surface area contributed by atoms with E-state index in [0.29, 0.717) is 5.75 Å². The summed E-state index contributed by atoms with van der Waals surface area (Å²) in [4.78, 5) is 27.5. The Morgan fingerprint density at radius 1 is 1.06 bits per heavy atom. The van der Waals surface area contributed by atoms with Crippen LogP contribution in [0.1, 0.15) is 26.3 Å². The lowest BCUT2D eigenvalue weighted by Crippen LogP contribution is -2.52. The molecule has 2 rings (SSSR count). The number of methoxy groups -OCH3 is 1. The summed E-state index contributed by atoms with van der Waals surface area (Å²) in [5.41, 5.74) is 0.818. The van der Waals surface area contributed by atoms with E-state index < -0.39 is 28.5 Å². The van der Waals surface area contributed by atoms with Gasteiger partial charge in [0.05, 0.1) is 29.1 Å². The topological polar surface area (TPSA) is 96.0 Å². The highest BCUT2D eigenvalue weighted by Crippen LogP contribution is 2.33. The number of ether oxygens (including phenoxy) is 1. The highest BCUT2D eigenvalue weighted by Gasteiger charge is 2.31. The van der Waals surface area contributed by atoms with Gasteiger partial charge in [0.1, 0.15) is 18.3 Å². The maximum Gasteiger partial charge on any atom is 0.244 e. The molecule has 1 atom stereocenters. The number of benzene rings is 2. The summed E-state index contributed by atoms with van der Waals surface area (Å²) in [6, 6.07) is 10.5. The van der Waals surface area contributed by atoms with Crippen LogP contribution >= 0.6 is 23.2 Å². The fraction of sp³-hybridized carbons (Fsp3) is 0.391. The Hall–Kier alpha value is -2.49. The van der Waals surface area contributed by atoms with Gasteiger partial charge in [-0.15, -0.1) is 0 Å². The number of amides is 2. The lowest BCUT2D eigenvalue weighted by atomic mass is 10.1. The summed E-state index contributed by atoms with van der Waals surface area (Å²) in [6.45, 7) is 4.74. The minimum atomic E-state index is -3.91. The van der Waals surface area contributed by atoms with E-state index in [0.717, 1.165) is 16.1 Å². The Morgan fingerprint density at radius 3 is 2.21 bits per heavy atom. The molecule has 0 spiro atoms. The van der Waals surface area contributed by atoms with Gasteiger partial charge in [0.2, 0.25) is 21.8 Å². The van der Waals surface area contributed by atoms with Gasteiger partial charge in [-0.2, -0.15) is 0 Å². The predicted molar refractivity (Wildman–Crippen MR) is 135 cm³/mol. The lowest BCUT2D eigenvalue weighted by Gasteiger charge is -2.32. The van der Waals surface area contributed by atoms with Crippen molar-refractivity contribution in [1.82, 2.24) is 10.2 Å². The Bertz CT molecular complexity index is 1120. The zero-order chi connectivity index (χ0) is 25.6. The monoisotopic (exact) mass is 529 g/mol. The molecule has 8 nitrogen and oxygen atoms in total. The molecule has 0 aromatic heterocycles. The van der Waals surface area contributed by atoms with Crippen molar-refractivity contribution in [3.05, 3.63) is 58.1 Å². The van der Waals surface area contributed by atoms with Crippen molar-refractivity contribution >= 4 is 50.7 Å². The largest absolute Gasteiger partial charge is 0.497 e. The maximum atomic E-state index is 13.5. The highest BCUT2D eigenvalue weighted by molar-refractivity contribution is 7.92. The minimum Gasteiger partial charge on any atom is -0.497 e. The van der Waals surface area contributed by atoms with Crippen LogP contribution < -0.4 is 14.4 Å². The standard InChI is InChI=1S/C23H29Cl2N3O5S/c1-15(2)26-23(30)16(3)27(13-17-9-11-18(33-4)12-10-17)21(29)14-28(34(5,31)32)20-8-6-7-19(24)22(20)25/h6-12,15-16H,13-14H2,1-5H3,(H,26,30). The van der Waals surface area contributed by atoms with Crippen molar-refractivity contribution in [3.8, 4) is 5.75 Å². The first-order valence-electron chi connectivity index (χ1n) is 10.5. The van der Waals surface area contributed by atoms with Crippen molar-refractivity contribution in [1.29, 1.82) is 0 Å². The average molecular weight is 530 g/mol. The number of anilines is 1. The van der Waals surface area contributed by atoms with Crippen molar-refractivity contribution in [2.75, 3.05) is 24.2 Å². The third-order valence-electron chi connectivity index (χ3n) is 4.99. The Balaban J connectivity index is 2.42. The molecule has 0 aliphatic heterocycles. The molecule has 2 amide bonds. The zero-order valence-electron chi connectivity index (χ0n) is 19.7. The molecule has 2 aromatic carbocycles. The molecule has 0 aliphatic rings. The number of hydrogen-bond acceptors (Lipinski definition) is 5. The minimum absolute atomic E-state index is 0.00898. The van der Waals surface area contributed by atoms with E-state index in [1.54, 1.807) is 44.4 Å². The zero-order valence-corrected chi connectivity index (χ0v) is 22.0. The third-order valence-corrected chi connectivity index (χ3v) is 6.92. The highest BCUT2D eigenvalue weighted by atomic mass is 35.5. The fourth-order valence-corrected chi connectivity index (χ4v) is 4.50. The molecule has 0 heterocycles. The maximum absolute atomic E-state index is 13.5. The van der Waals surface area contributed by atoms with Gasteiger partial charge in [0, 0.05) is 12.6 Å². The van der Waals surface area contributed by atoms with E-state index in [4.69, 9.17) is 27.9 Å². The first-order chi connectivity index (χ1) is 15.8. The quantitative estimate of drug-likeness (QED) is 0.506. The van der Waals surface area contributed by atoms with Crippen LogP contribution in [0.3, 0.4) is 0 Å². The molecular weight excluding hydrogens is 501 g/mol. The van der Waals surface area contributed by atoms with Gasteiger partial charge >= 0.3 is 0 Å². The number of nitrogens with zero attached hydrogens (tertiary/aromatic N) is 2. The molecule has 0 bridgehead atoms. The van der Waals surface area contributed by atoms with Crippen molar-refractivity contribution in [2.45, 2.75) is 39.4 Å². The second-order valence-electron chi connectivity index (χ2n) is 8.05. The summed E-state index contributed by atoms with van der Waals surface area (Å²) in [6.07, 6.45) is 0.972. The van der Waals surface area contributed by atoms with Gasteiger partial charge < -0.3 is 15.0 Å². The Labute approximate surface area is 210 Å². The Morgan fingerprint density at radius 2 is 1.68 bits per heavy atom. The molecule has 11 heteroatoms. The molecule has 1 unspecified atom stereocenters. The second kappa shape index (κ2) is 11.8. The molecule has 0 saturated heterocycles. The van der Waals surface area contributed by atoms with E-state index in [-0.39, 0.29) is 34.2 Å². The van der Waals surface area contributed by atoms with E-state index in [1.807, 2.05) is 13.8 Å². The number of sulfonamides is 1. The smallest absolute Gasteiger partial charge is 0.244 e. The summed E-state index contributed by atoms with van der Waals surface area (Å²) >= 11 is 12.3. The van der Waals surface area contributed by atoms with Crippen LogP contribution in [0.25, 0.3) is 0 Å². The van der Waals surface area contributed by atoms with E-state index in [1.165, 1.54) is 17.0 Å². The summed E-state index contributed by atoms with van der Waals surface area (Å²) < 4.78 is 31.2. The number of carbonyl (C=O) groups is 2. The van der Waals surface area contributed by atoms with Crippen LogP contribution in [0.15, 0.2) is 42.5 Å². The molecular formula is C23H29Cl2N3O5S. The molecule has 2 aromatic rings. The van der Waals surface area contributed by atoms with E-state index in [2.05, 4.69) is 5.32 Å². The number of nitrogens with one attached hydrogen (secondary N) is 1. The number of rotatable bonds is 10. The SMILES string of the molecule is COc1ccc(CN(C(=O)CN(c2cccc(Cl)c2Cl)S(C)(=O)=O)C(C)C(=O)NC(C)C)cc1. The van der Waals surface area contributed by atoms with Crippen molar-refractivity contribution < 1.29 is 22.7 Å². The first-order valence-corrected chi connectivity index (χ1v) is 13.1. The Kier molecular flexibility index (Phi) is 9.61. The first kappa shape index (κ1) is 27.8. The molecule has 0 fully saturated rings. The van der Waals surface area contributed by atoms with Crippen molar-refractivity contribution in [2.24, 2.45) is 0 Å². The van der Waals surface area contributed by atoms with Crippen LogP contribution in [0.4, 0.5) is 5.69 Å². The number of hydrogen-bond donors (Lipinski definition) is 1. The number of halogens is 2. The molecule has 0 saturated carbocycles. The second-order valence-corrected chi connectivity index (χ2v) is 10.7. The molecule has 0 aliphatic carbocycles. The fourth-order valence-electron chi connectivity index (χ4n) is 3.20. The molecule has 186 valence electrons. The summed E-state index contributed by atoms with van der Waals surface area (Å²) in [5.74, 6) is -0.293. The molecule has 0 radical (unpaired) electrons. The van der Waals surface area contributed by atoms with Gasteiger partial charge in [-0.25, -0.2) is 8.42 Å². The van der Waals surface area contributed by atoms with Gasteiger partial charge in [-0.3, -0.25) is 13.9 Å². The normalized spacial score (nSPS) is 12.2. The molecule has 34 heavy (non-hydrogen) atoms. The van der Waals surface area contributed by atoms with Gasteiger partial charge in [-0.05, 0) is 50.6 Å². The van der Waals surface area contributed by atoms with Crippen LogP contribution in [0.2, 0.25) is 10.0 Å². The van der Waals surface area contributed by atoms with Gasteiger partial charge in [0.25, 0.3) is 0 Å². The number of carbonyl (C=O) groups excluding carboxylic acids is 2. The van der Waals surface area contributed by atoms with Gasteiger partial charge in [-0.1, -0.05) is 41.4 Å². The van der Waals surface area contributed by atoms with Crippen LogP contribution in [0, 0.1) is 0 Å². The summed E-state index contributed by atoms with van der Waals surface area (Å²) in [7, 11) is -2.36. The molecule has 1 N–H and O–H groups in total. The van der Waals surface area contributed by atoms with Crippen LogP contribution in [0.5, 0.6) is 5.75 Å². The van der Waals surface area contributed by atoms with Crippen LogP contribution in [-0.4, -0.2) is 57.1 Å². The predicted octanol–water partition coefficient (Wildman–Crippen LogP) is 3.71. The summed E-state index contributed by atoms with van der Waals surface area (Å²) in [5, 5.41) is 2.95. The van der Waals surface area contributed by atoms with Crippen molar-refractivity contribution in [3.63, 3.8) is 0 Å². The van der Waals surface area contributed by atoms with Gasteiger partial charge in [0.15, 0.2) is 0 Å². The van der Waals surface area contributed by atoms with Crippen LogP contribution in [-0.2, 0) is 26.2 Å².